The molecule has 1 aromatic carbocycles. The number of imidazole rings is 1. The van der Waals surface area contributed by atoms with E-state index < -0.39 is 0 Å². The van der Waals surface area contributed by atoms with E-state index in [-0.39, 0.29) is 11.7 Å². The lowest BCUT2D eigenvalue weighted by Gasteiger charge is -2.26. The zero-order valence-electron chi connectivity index (χ0n) is 22.3. The average Bonchev–Trinajstić information content (AvgIpc) is 3.64. The van der Waals surface area contributed by atoms with E-state index in [9.17, 15) is 4.79 Å². The molecule has 0 spiro atoms. The van der Waals surface area contributed by atoms with Gasteiger partial charge in [0.15, 0.2) is 0 Å². The largest absolute Gasteiger partial charge is 0.328 e. The van der Waals surface area contributed by atoms with E-state index in [0.29, 0.717) is 30.1 Å². The van der Waals surface area contributed by atoms with Gasteiger partial charge in [0, 0.05) is 35.9 Å². The molecule has 4 aromatic rings. The molecule has 1 N–H and O–H groups in total. The Kier molecular flexibility index (Phi) is 7.35. The van der Waals surface area contributed by atoms with Gasteiger partial charge in [-0.15, -0.1) is 10.2 Å². The second-order valence-corrected chi connectivity index (χ2v) is 10.8. The molecule has 0 saturated heterocycles. The fourth-order valence-electron chi connectivity index (χ4n) is 6.09. The van der Waals surface area contributed by atoms with E-state index in [1.807, 2.05) is 35.0 Å². The molecule has 37 heavy (non-hydrogen) atoms. The van der Waals surface area contributed by atoms with Crippen LogP contribution in [0.2, 0.25) is 0 Å². The van der Waals surface area contributed by atoms with Gasteiger partial charge in [-0.3, -0.25) is 14.1 Å². The molecule has 3 atom stereocenters. The summed E-state index contributed by atoms with van der Waals surface area (Å²) in [6.07, 6.45) is 11.2. The van der Waals surface area contributed by atoms with Crippen LogP contribution in [0.5, 0.6) is 0 Å². The van der Waals surface area contributed by atoms with E-state index >= 15 is 0 Å². The minimum absolute atomic E-state index is 0.0942. The molecule has 1 saturated carbocycles. The van der Waals surface area contributed by atoms with Crippen LogP contribution in [0.15, 0.2) is 53.7 Å². The number of unbranched alkanes of at least 4 members (excludes halogenated alkanes) is 1. The van der Waals surface area contributed by atoms with Crippen LogP contribution in [0, 0.1) is 17.8 Å². The Bertz CT molecular complexity index is 1390. The minimum atomic E-state index is 0.0942. The van der Waals surface area contributed by atoms with Gasteiger partial charge in [0.1, 0.15) is 0 Å². The van der Waals surface area contributed by atoms with Crippen LogP contribution in [0.3, 0.4) is 0 Å². The van der Waals surface area contributed by atoms with Gasteiger partial charge in [-0.1, -0.05) is 58.4 Å². The highest BCUT2D eigenvalue weighted by Gasteiger charge is 2.37. The van der Waals surface area contributed by atoms with Crippen molar-refractivity contribution in [2.75, 3.05) is 0 Å². The maximum absolute atomic E-state index is 14.0. The first-order chi connectivity index (χ1) is 18.0. The molecule has 1 fully saturated rings. The molecule has 194 valence electrons. The number of nitrogens with one attached hydrogen (secondary N) is 1. The summed E-state index contributed by atoms with van der Waals surface area (Å²) in [5.41, 5.74) is 5.10. The van der Waals surface area contributed by atoms with Gasteiger partial charge in [0.25, 0.3) is 0 Å². The van der Waals surface area contributed by atoms with Crippen molar-refractivity contribution in [2.45, 2.75) is 72.4 Å². The summed E-state index contributed by atoms with van der Waals surface area (Å²) in [5, 5.41) is 14.7. The number of H-pyrrole nitrogens is 1. The second kappa shape index (κ2) is 10.8. The standard InChI is InChI=1S/C29H37N7O/c1-5-6-9-22-18-36(27-20(4)12-13-23(27)19(2)3)29(37)35(22)17-21-16-30-15-14-24(21)25-10-7-8-11-26(25)28-31-33-34-32-28/h7-8,10-11,14-16,18-20,23,27H,5-6,9,12-13,17H2,1-4H3,(H,31,32,33,34). The van der Waals surface area contributed by atoms with Crippen molar-refractivity contribution in [3.63, 3.8) is 0 Å². The van der Waals surface area contributed by atoms with E-state index in [1.165, 1.54) is 12.8 Å². The number of pyridine rings is 1. The molecular weight excluding hydrogens is 462 g/mol. The Morgan fingerprint density at radius 1 is 1.11 bits per heavy atom. The minimum Gasteiger partial charge on any atom is -0.295 e. The number of aromatic nitrogens is 7. The highest BCUT2D eigenvalue weighted by Crippen LogP contribution is 2.44. The lowest BCUT2D eigenvalue weighted by Crippen LogP contribution is -2.33. The third-order valence-electron chi connectivity index (χ3n) is 8.06. The second-order valence-electron chi connectivity index (χ2n) is 10.8. The van der Waals surface area contributed by atoms with Crippen molar-refractivity contribution in [2.24, 2.45) is 17.8 Å². The third kappa shape index (κ3) is 4.89. The zero-order valence-corrected chi connectivity index (χ0v) is 22.3. The first-order valence-corrected chi connectivity index (χ1v) is 13.6. The molecular formula is C29H37N7O. The van der Waals surface area contributed by atoms with Gasteiger partial charge in [-0.25, -0.2) is 4.79 Å². The van der Waals surface area contributed by atoms with Crippen LogP contribution >= 0.6 is 0 Å². The third-order valence-corrected chi connectivity index (χ3v) is 8.06. The Hall–Kier alpha value is -3.55. The van der Waals surface area contributed by atoms with E-state index in [4.69, 9.17) is 0 Å². The molecule has 8 nitrogen and oxygen atoms in total. The Balaban J connectivity index is 1.58. The number of tetrazole rings is 1. The summed E-state index contributed by atoms with van der Waals surface area (Å²) >= 11 is 0. The summed E-state index contributed by atoms with van der Waals surface area (Å²) < 4.78 is 4.05. The smallest absolute Gasteiger partial charge is 0.295 e. The molecule has 8 heteroatoms. The molecule has 3 aromatic heterocycles. The molecule has 0 radical (unpaired) electrons. The molecule has 1 aliphatic carbocycles. The summed E-state index contributed by atoms with van der Waals surface area (Å²) in [7, 11) is 0. The normalized spacial score (nSPS) is 19.6. The number of nitrogens with zero attached hydrogens (tertiary/aromatic N) is 6. The summed E-state index contributed by atoms with van der Waals surface area (Å²) in [5.74, 6) is 2.12. The quantitative estimate of drug-likeness (QED) is 0.327. The highest BCUT2D eigenvalue weighted by atomic mass is 16.1. The van der Waals surface area contributed by atoms with E-state index in [1.54, 1.807) is 6.20 Å². The number of aryl methyl sites for hydroxylation is 1. The number of hydrogen-bond acceptors (Lipinski definition) is 5. The highest BCUT2D eigenvalue weighted by molar-refractivity contribution is 5.81. The molecule has 3 heterocycles. The van der Waals surface area contributed by atoms with E-state index in [0.717, 1.165) is 47.2 Å². The lowest BCUT2D eigenvalue weighted by molar-refractivity contribution is 0.255. The maximum atomic E-state index is 14.0. The summed E-state index contributed by atoms with van der Waals surface area (Å²) in [6, 6.07) is 10.3. The van der Waals surface area contributed by atoms with Crippen LogP contribution in [0.25, 0.3) is 22.5 Å². The molecule has 3 unspecified atom stereocenters. The van der Waals surface area contributed by atoms with Crippen molar-refractivity contribution in [1.29, 1.82) is 0 Å². The van der Waals surface area contributed by atoms with Crippen molar-refractivity contribution in [3.05, 3.63) is 70.7 Å². The monoisotopic (exact) mass is 499 g/mol. The fourth-order valence-corrected chi connectivity index (χ4v) is 6.09. The molecule has 0 amide bonds. The first kappa shape index (κ1) is 25.1. The van der Waals surface area contributed by atoms with Gasteiger partial charge < -0.3 is 0 Å². The Morgan fingerprint density at radius 3 is 2.65 bits per heavy atom. The van der Waals surface area contributed by atoms with Crippen LogP contribution < -0.4 is 5.69 Å². The number of benzene rings is 1. The fraction of sp³-hybridized carbons (Fsp3) is 0.483. The van der Waals surface area contributed by atoms with Crippen molar-refractivity contribution < 1.29 is 0 Å². The number of aromatic amines is 1. The van der Waals surface area contributed by atoms with Gasteiger partial charge in [-0.2, -0.15) is 5.21 Å². The molecule has 0 bridgehead atoms. The SMILES string of the molecule is CCCCc1cn(C2C(C)CCC2C(C)C)c(=O)n1Cc1cnccc1-c1ccccc1-c1nn[nH]n1. The zero-order chi connectivity index (χ0) is 25.9. The van der Waals surface area contributed by atoms with Crippen molar-refractivity contribution in [3.8, 4) is 22.5 Å². The van der Waals surface area contributed by atoms with Crippen LogP contribution in [-0.4, -0.2) is 34.7 Å². The van der Waals surface area contributed by atoms with E-state index in [2.05, 4.69) is 70.1 Å². The van der Waals surface area contributed by atoms with Gasteiger partial charge in [0.2, 0.25) is 5.82 Å². The van der Waals surface area contributed by atoms with Gasteiger partial charge >= 0.3 is 5.69 Å². The predicted octanol–water partition coefficient (Wildman–Crippen LogP) is 5.53. The van der Waals surface area contributed by atoms with Gasteiger partial charge in [-0.05, 0) is 71.4 Å². The van der Waals surface area contributed by atoms with Crippen molar-refractivity contribution >= 4 is 0 Å². The lowest BCUT2D eigenvalue weighted by atomic mass is 9.89. The first-order valence-electron chi connectivity index (χ1n) is 13.6. The Labute approximate surface area is 218 Å². The van der Waals surface area contributed by atoms with Crippen LogP contribution in [-0.2, 0) is 13.0 Å². The predicted molar refractivity (Wildman–Crippen MR) is 145 cm³/mol. The molecule has 5 rings (SSSR count). The summed E-state index contributed by atoms with van der Waals surface area (Å²) in [6.45, 7) is 9.55. The summed E-state index contributed by atoms with van der Waals surface area (Å²) in [4.78, 5) is 18.5. The van der Waals surface area contributed by atoms with Crippen molar-refractivity contribution in [1.82, 2.24) is 34.7 Å². The topological polar surface area (TPSA) is 94.3 Å². The number of rotatable bonds is 9. The molecule has 1 aliphatic rings. The maximum Gasteiger partial charge on any atom is 0.328 e. The van der Waals surface area contributed by atoms with Crippen LogP contribution in [0.4, 0.5) is 0 Å². The Morgan fingerprint density at radius 2 is 1.92 bits per heavy atom. The van der Waals surface area contributed by atoms with Gasteiger partial charge in [0.05, 0.1) is 6.54 Å². The van der Waals surface area contributed by atoms with Crippen LogP contribution in [0.1, 0.15) is 70.7 Å². The molecule has 0 aliphatic heterocycles. The number of hydrogen-bond donors (Lipinski definition) is 1. The average molecular weight is 500 g/mol.